The number of ether oxygens (including phenoxy) is 2. The van der Waals surface area contributed by atoms with Gasteiger partial charge in [0.05, 0.1) is 14.2 Å². The summed E-state index contributed by atoms with van der Waals surface area (Å²) in [5.74, 6) is 0.551. The summed E-state index contributed by atoms with van der Waals surface area (Å²) < 4.78 is 9.78. The van der Waals surface area contributed by atoms with Crippen LogP contribution in [0.25, 0.3) is 33.0 Å². The Morgan fingerprint density at radius 1 is 0.641 bits per heavy atom. The topological polar surface area (TPSA) is 187 Å². The van der Waals surface area contributed by atoms with Crippen molar-refractivity contribution in [3.8, 4) is 22.3 Å². The third kappa shape index (κ3) is 15.2. The first-order chi connectivity index (χ1) is 30.8. The van der Waals surface area contributed by atoms with E-state index in [4.69, 9.17) is 20.9 Å². The molecule has 2 amide bonds. The molecule has 5 aromatic rings. The van der Waals surface area contributed by atoms with Crippen LogP contribution in [0.3, 0.4) is 0 Å². The summed E-state index contributed by atoms with van der Waals surface area (Å²) >= 11 is 10.1. The predicted octanol–water partition coefficient (Wildman–Crippen LogP) is 7.54. The first kappa shape index (κ1) is 51.4. The second kappa shape index (κ2) is 26.6. The van der Waals surface area contributed by atoms with Crippen LogP contribution < -0.4 is 32.7 Å². The average Bonchev–Trinajstić information content (AvgIpc) is 3.32. The summed E-state index contributed by atoms with van der Waals surface area (Å²) in [4.78, 5) is 50.9. The van der Waals surface area contributed by atoms with Crippen LogP contribution in [0, 0.1) is 5.92 Å². The minimum Gasteiger partial charge on any atom is -0.467 e. The highest BCUT2D eigenvalue weighted by Gasteiger charge is 2.26. The van der Waals surface area contributed by atoms with E-state index in [-0.39, 0.29) is 29.8 Å². The molecule has 0 spiro atoms. The molecular formula is C49H62N6O6S3. The van der Waals surface area contributed by atoms with E-state index in [9.17, 15) is 19.2 Å². The predicted molar refractivity (Wildman–Crippen MR) is 271 cm³/mol. The Morgan fingerprint density at radius 3 is 1.72 bits per heavy atom. The molecule has 5 rings (SSSR count). The van der Waals surface area contributed by atoms with Gasteiger partial charge in [-0.3, -0.25) is 9.59 Å². The van der Waals surface area contributed by atoms with E-state index in [1.807, 2.05) is 117 Å². The second-order valence-corrected chi connectivity index (χ2v) is 17.3. The van der Waals surface area contributed by atoms with Gasteiger partial charge >= 0.3 is 11.9 Å². The van der Waals surface area contributed by atoms with Crippen molar-refractivity contribution in [3.05, 3.63) is 120 Å². The highest BCUT2D eigenvalue weighted by atomic mass is 32.2. The molecule has 0 aliphatic rings. The number of anilines is 2. The standard InChI is InChI=1S/C27H33N3O3S.C22H29N3O3S2/c1-17(2)13-25(27(32)33-3)30-26(31)23-12-11-20(29-15-19(28)16-34)14-24(23)22-10-6-8-18-7-4-5-9-21(18)22;1-28-22(27)20(10-11-30-2)25-21(26)18-9-8-17(24-13-16(23)14-29)12-19(18)15-6-4-3-5-7-15/h4-12,14,17,19,25,29,34H,13,15-16,28H2,1-3H3,(H,30,31);3-9,12,16,20,24,29H,10-11,13-14,23H2,1-2H3,(H,25,26)/t19-,25+;16-,20+/m11/s1. The molecule has 0 radical (unpaired) electrons. The Bertz CT molecular complexity index is 2290. The Hall–Kier alpha value is -5.19. The summed E-state index contributed by atoms with van der Waals surface area (Å²) in [6.45, 7) is 5.13. The number of fused-ring (bicyclic) bond motifs is 1. The van der Waals surface area contributed by atoms with Crippen molar-refractivity contribution >= 4 is 82.9 Å². The maximum Gasteiger partial charge on any atom is 0.328 e. The third-order valence-corrected chi connectivity index (χ3v) is 11.8. The summed E-state index contributed by atoms with van der Waals surface area (Å²) in [5, 5.41) is 14.5. The van der Waals surface area contributed by atoms with Gasteiger partial charge in [-0.2, -0.15) is 37.0 Å². The van der Waals surface area contributed by atoms with E-state index in [1.165, 1.54) is 14.2 Å². The largest absolute Gasteiger partial charge is 0.467 e. The molecule has 0 aliphatic carbocycles. The van der Waals surface area contributed by atoms with Crippen LogP contribution in [-0.2, 0) is 19.1 Å². The Labute approximate surface area is 392 Å². The van der Waals surface area contributed by atoms with Gasteiger partial charge in [-0.25, -0.2) is 9.59 Å². The second-order valence-electron chi connectivity index (χ2n) is 15.6. The molecule has 342 valence electrons. The fourth-order valence-corrected chi connectivity index (χ4v) is 7.53. The number of methoxy groups -OCH3 is 2. The van der Waals surface area contributed by atoms with Crippen molar-refractivity contribution in [2.24, 2.45) is 17.4 Å². The number of carbonyl (C=O) groups is 4. The van der Waals surface area contributed by atoms with E-state index in [0.29, 0.717) is 48.6 Å². The van der Waals surface area contributed by atoms with Crippen LogP contribution in [0.15, 0.2) is 109 Å². The third-order valence-electron chi connectivity index (χ3n) is 10.2. The minimum absolute atomic E-state index is 0.0752. The minimum atomic E-state index is -0.718. The molecule has 5 aromatic carbocycles. The lowest BCUT2D eigenvalue weighted by molar-refractivity contribution is -0.143. The number of esters is 2. The number of carbonyl (C=O) groups excluding carboxylic acids is 4. The number of thiol groups is 2. The zero-order valence-electron chi connectivity index (χ0n) is 37.1. The number of nitrogens with two attached hydrogens (primary N) is 2. The van der Waals surface area contributed by atoms with Crippen LogP contribution >= 0.6 is 37.0 Å². The zero-order chi connectivity index (χ0) is 46.6. The van der Waals surface area contributed by atoms with Crippen molar-refractivity contribution in [2.75, 3.05) is 61.5 Å². The smallest absolute Gasteiger partial charge is 0.328 e. The normalized spacial score (nSPS) is 12.8. The van der Waals surface area contributed by atoms with Crippen molar-refractivity contribution in [2.45, 2.75) is 50.9 Å². The lowest BCUT2D eigenvalue weighted by atomic mass is 9.93. The van der Waals surface area contributed by atoms with Crippen molar-refractivity contribution in [1.29, 1.82) is 0 Å². The SMILES string of the molecule is COC(=O)[C@H](CC(C)C)NC(=O)c1ccc(NC[C@@H](N)CS)cc1-c1cccc2ccccc12.COC(=O)[C@H](CCSC)NC(=O)c1ccc(NC[C@@H](N)CS)cc1-c1ccccc1. The number of hydrogen-bond donors (Lipinski definition) is 8. The molecule has 8 N–H and O–H groups in total. The van der Waals surface area contributed by atoms with Gasteiger partial charge in [0.15, 0.2) is 0 Å². The molecule has 0 saturated carbocycles. The molecule has 4 atom stereocenters. The lowest BCUT2D eigenvalue weighted by Gasteiger charge is -2.20. The monoisotopic (exact) mass is 926 g/mol. The van der Waals surface area contributed by atoms with Gasteiger partial charge in [0.1, 0.15) is 12.1 Å². The first-order valence-electron chi connectivity index (χ1n) is 21.1. The van der Waals surface area contributed by atoms with E-state index in [2.05, 4.69) is 46.5 Å². The summed E-state index contributed by atoms with van der Waals surface area (Å²) in [6, 6.07) is 33.3. The number of nitrogens with one attached hydrogen (secondary N) is 4. The molecular weight excluding hydrogens is 865 g/mol. The fourth-order valence-electron chi connectivity index (χ4n) is 6.80. The number of benzene rings is 5. The summed E-state index contributed by atoms with van der Waals surface area (Å²) in [6.07, 6.45) is 2.94. The van der Waals surface area contributed by atoms with Crippen LogP contribution in [0.4, 0.5) is 11.4 Å². The zero-order valence-corrected chi connectivity index (χ0v) is 39.7. The Kier molecular flexibility index (Phi) is 21.4. The van der Waals surface area contributed by atoms with Gasteiger partial charge in [0.25, 0.3) is 11.8 Å². The van der Waals surface area contributed by atoms with Gasteiger partial charge < -0.3 is 42.2 Å². The first-order valence-corrected chi connectivity index (χ1v) is 23.8. The molecule has 0 saturated heterocycles. The van der Waals surface area contributed by atoms with Gasteiger partial charge in [-0.1, -0.05) is 86.6 Å². The maximum absolute atomic E-state index is 13.4. The quantitative estimate of drug-likeness (QED) is 0.0269. The fraction of sp³-hybridized carbons (Fsp3) is 0.347. The number of amides is 2. The molecule has 0 aromatic heterocycles. The Balaban J connectivity index is 0.000000283. The van der Waals surface area contributed by atoms with Gasteiger partial charge in [-0.15, -0.1) is 0 Å². The Morgan fingerprint density at radius 2 is 1.16 bits per heavy atom. The molecule has 0 bridgehead atoms. The highest BCUT2D eigenvalue weighted by Crippen LogP contribution is 2.33. The molecule has 15 heteroatoms. The number of thioether (sulfide) groups is 1. The summed E-state index contributed by atoms with van der Waals surface area (Å²) in [5.41, 5.74) is 18.0. The highest BCUT2D eigenvalue weighted by molar-refractivity contribution is 7.98. The number of hydrogen-bond acceptors (Lipinski definition) is 13. The van der Waals surface area contributed by atoms with Crippen LogP contribution in [0.2, 0.25) is 0 Å². The van der Waals surface area contributed by atoms with Crippen molar-refractivity contribution in [3.63, 3.8) is 0 Å². The summed E-state index contributed by atoms with van der Waals surface area (Å²) in [7, 11) is 2.66. The van der Waals surface area contributed by atoms with Gasteiger partial charge in [-0.05, 0) is 100 Å². The average molecular weight is 927 g/mol. The van der Waals surface area contributed by atoms with E-state index in [0.717, 1.165) is 50.2 Å². The van der Waals surface area contributed by atoms with Crippen molar-refractivity contribution in [1.82, 2.24) is 10.6 Å². The molecule has 0 aliphatic heterocycles. The van der Waals surface area contributed by atoms with E-state index < -0.39 is 24.0 Å². The van der Waals surface area contributed by atoms with Crippen molar-refractivity contribution < 1.29 is 28.7 Å². The van der Waals surface area contributed by atoms with Crippen LogP contribution in [0.1, 0.15) is 47.4 Å². The van der Waals surface area contributed by atoms with Gasteiger partial charge in [0.2, 0.25) is 0 Å². The van der Waals surface area contributed by atoms with E-state index in [1.54, 1.807) is 23.9 Å². The maximum atomic E-state index is 13.4. The molecule has 64 heavy (non-hydrogen) atoms. The van der Waals surface area contributed by atoms with Crippen LogP contribution in [-0.4, -0.2) is 98.7 Å². The molecule has 0 heterocycles. The van der Waals surface area contributed by atoms with Crippen LogP contribution in [0.5, 0.6) is 0 Å². The number of rotatable bonds is 21. The lowest BCUT2D eigenvalue weighted by Crippen LogP contribution is -2.42. The molecule has 0 unspecified atom stereocenters. The molecule has 0 fully saturated rings. The van der Waals surface area contributed by atoms with Gasteiger partial charge in [0, 0.05) is 59.2 Å². The van der Waals surface area contributed by atoms with E-state index >= 15 is 0 Å². The molecule has 12 nitrogen and oxygen atoms in total.